The molecule has 0 bridgehead atoms. The number of ether oxygens (including phenoxy) is 1. The molecule has 0 aliphatic rings. The maximum absolute atomic E-state index is 12.8. The number of hydrogen-bond acceptors (Lipinski definition) is 1. The van der Waals surface area contributed by atoms with Gasteiger partial charge in [0, 0.05) is 0 Å². The minimum atomic E-state index is -5.11. The van der Waals surface area contributed by atoms with Crippen LogP contribution in [0.4, 0.5) is 12.9 Å². The lowest BCUT2D eigenvalue weighted by Crippen LogP contribution is -2.35. The number of halogens is 5. The van der Waals surface area contributed by atoms with Crippen molar-refractivity contribution in [1.82, 2.24) is 0 Å². The predicted octanol–water partition coefficient (Wildman–Crippen LogP) is 4.63. The molecule has 2 rings (SSSR count). The van der Waals surface area contributed by atoms with Crippen molar-refractivity contribution in [3.8, 4) is 5.75 Å². The minimum absolute atomic E-state index is 0.0138. The zero-order chi connectivity index (χ0) is 14.8. The first-order valence-electron chi connectivity index (χ1n) is 5.73. The van der Waals surface area contributed by atoms with Gasteiger partial charge in [0.25, 0.3) is 0 Å². The first-order valence-corrected chi connectivity index (χ1v) is 6.49. The van der Waals surface area contributed by atoms with Gasteiger partial charge in [-0.15, -0.1) is 0 Å². The molecule has 0 radical (unpaired) electrons. The van der Waals surface area contributed by atoms with Gasteiger partial charge in [0.1, 0.15) is 6.61 Å². The summed E-state index contributed by atoms with van der Waals surface area (Å²) in [5.74, 6) is -0.189. The van der Waals surface area contributed by atoms with Crippen LogP contribution in [0, 0.1) is 0 Å². The van der Waals surface area contributed by atoms with Crippen molar-refractivity contribution < 1.29 is 17.7 Å². The van der Waals surface area contributed by atoms with E-state index in [2.05, 4.69) is 0 Å². The van der Waals surface area contributed by atoms with Gasteiger partial charge < -0.3 is 17.7 Å². The topological polar surface area (TPSA) is 9.23 Å². The molecule has 0 fully saturated rings. The minimum Gasteiger partial charge on any atom is -0.492 e. The van der Waals surface area contributed by atoms with Crippen molar-refractivity contribution in [1.29, 1.82) is 0 Å². The van der Waals surface area contributed by atoms with Gasteiger partial charge in [-0.05, 0) is 23.8 Å². The Morgan fingerprint density at radius 1 is 0.950 bits per heavy atom. The highest BCUT2D eigenvalue weighted by Gasteiger charge is 2.28. The molecule has 1 nitrogen and oxygen atoms in total. The van der Waals surface area contributed by atoms with Gasteiger partial charge in [-0.1, -0.05) is 52.9 Å². The Kier molecular flexibility index (Phi) is 4.50. The number of rotatable bonds is 4. The van der Waals surface area contributed by atoms with E-state index in [0.717, 1.165) is 6.07 Å². The maximum atomic E-state index is 12.8. The number of benzene rings is 2. The lowest BCUT2D eigenvalue weighted by molar-refractivity contribution is 0.307. The largest absolute Gasteiger partial charge is 0.513 e. The second-order valence-electron chi connectivity index (χ2n) is 4.15. The van der Waals surface area contributed by atoms with Crippen LogP contribution in [0.5, 0.6) is 5.75 Å². The van der Waals surface area contributed by atoms with E-state index in [9.17, 15) is 12.9 Å². The van der Waals surface area contributed by atoms with Crippen LogP contribution in [0.1, 0.15) is 5.56 Å². The molecule has 0 amide bonds. The Morgan fingerprint density at radius 3 is 2.30 bits per heavy atom. The molecule has 2 aromatic rings. The lowest BCUT2D eigenvalue weighted by Gasteiger charge is -2.19. The Morgan fingerprint density at radius 2 is 1.65 bits per heavy atom. The van der Waals surface area contributed by atoms with E-state index < -0.39 is 12.4 Å². The second-order valence-corrected chi connectivity index (χ2v) is 4.96. The standard InChI is InChI=1S/C13H9BCl2F3O/c15-11-6-5-9(7-12(11)16)8-20-13-4-2-1-3-10(13)14(17,18)19/h1-7H,8H2/q-1. The quantitative estimate of drug-likeness (QED) is 0.747. The summed E-state index contributed by atoms with van der Waals surface area (Å²) in [5, 5.41) is 0.718. The van der Waals surface area contributed by atoms with Crippen LogP contribution in [-0.2, 0) is 6.61 Å². The van der Waals surface area contributed by atoms with Crippen molar-refractivity contribution in [3.05, 3.63) is 58.1 Å². The molecule has 0 heterocycles. The van der Waals surface area contributed by atoms with Crippen molar-refractivity contribution in [2.24, 2.45) is 0 Å². The molecule has 0 saturated carbocycles. The van der Waals surface area contributed by atoms with Crippen molar-refractivity contribution in [2.75, 3.05) is 0 Å². The van der Waals surface area contributed by atoms with E-state index in [0.29, 0.717) is 15.6 Å². The third kappa shape index (κ3) is 3.61. The summed E-state index contributed by atoms with van der Waals surface area (Å²) in [6.45, 7) is -5.12. The third-order valence-electron chi connectivity index (χ3n) is 2.65. The Bertz CT molecular complexity index is 617. The summed E-state index contributed by atoms with van der Waals surface area (Å²) in [4.78, 5) is 0. The summed E-state index contributed by atoms with van der Waals surface area (Å²) in [7, 11) is 0. The van der Waals surface area contributed by atoms with Crippen LogP contribution in [0.2, 0.25) is 10.0 Å². The number of para-hydroxylation sites is 1. The van der Waals surface area contributed by atoms with Crippen molar-refractivity contribution >= 4 is 35.6 Å². The first-order chi connectivity index (χ1) is 9.38. The fourth-order valence-corrected chi connectivity index (χ4v) is 1.99. The zero-order valence-electron chi connectivity index (χ0n) is 10.1. The van der Waals surface area contributed by atoms with Crippen LogP contribution in [0.15, 0.2) is 42.5 Å². The van der Waals surface area contributed by atoms with Crippen LogP contribution >= 0.6 is 23.2 Å². The average molecular weight is 320 g/mol. The van der Waals surface area contributed by atoms with E-state index in [1.165, 1.54) is 18.2 Å². The van der Waals surface area contributed by atoms with Crippen LogP contribution in [-0.4, -0.2) is 6.98 Å². The molecular formula is C13H9BCl2F3O-. The smallest absolute Gasteiger partial charge is 0.492 e. The molecule has 0 saturated heterocycles. The highest BCUT2D eigenvalue weighted by Crippen LogP contribution is 2.24. The van der Waals surface area contributed by atoms with Gasteiger partial charge >= 0.3 is 6.98 Å². The average Bonchev–Trinajstić information content (AvgIpc) is 2.39. The van der Waals surface area contributed by atoms with Crippen molar-refractivity contribution in [2.45, 2.75) is 6.61 Å². The van der Waals surface area contributed by atoms with Crippen molar-refractivity contribution in [3.63, 3.8) is 0 Å². The molecule has 106 valence electrons. The Balaban J connectivity index is 2.17. The summed E-state index contributed by atoms with van der Waals surface area (Å²) in [6, 6.07) is 9.90. The van der Waals surface area contributed by atoms with E-state index in [4.69, 9.17) is 27.9 Å². The maximum Gasteiger partial charge on any atom is 0.513 e. The Labute approximate surface area is 124 Å². The van der Waals surface area contributed by atoms with Gasteiger partial charge in [-0.3, -0.25) is 0 Å². The summed E-state index contributed by atoms with van der Waals surface area (Å²) >= 11 is 11.6. The monoisotopic (exact) mass is 319 g/mol. The zero-order valence-corrected chi connectivity index (χ0v) is 11.6. The van der Waals surface area contributed by atoms with Gasteiger partial charge in [0.2, 0.25) is 0 Å². The molecule has 0 atom stereocenters. The van der Waals surface area contributed by atoms with Gasteiger partial charge in [-0.2, -0.15) is 0 Å². The third-order valence-corrected chi connectivity index (χ3v) is 3.39. The fourth-order valence-electron chi connectivity index (χ4n) is 1.67. The SMILES string of the molecule is F[B-](F)(F)c1ccccc1OCc1ccc(Cl)c(Cl)c1. The second kappa shape index (κ2) is 5.98. The van der Waals surface area contributed by atoms with Crippen LogP contribution in [0.25, 0.3) is 0 Å². The molecule has 0 N–H and O–H groups in total. The Hall–Kier alpha value is -1.33. The molecule has 0 aliphatic heterocycles. The molecule has 0 spiro atoms. The lowest BCUT2D eigenvalue weighted by atomic mass is 9.79. The highest BCUT2D eigenvalue weighted by atomic mass is 35.5. The van der Waals surface area contributed by atoms with E-state index in [1.54, 1.807) is 18.2 Å². The first kappa shape index (κ1) is 15.1. The van der Waals surface area contributed by atoms with Gasteiger partial charge in [0.05, 0.1) is 15.8 Å². The van der Waals surface area contributed by atoms with Gasteiger partial charge in [0.15, 0.2) is 0 Å². The molecule has 20 heavy (non-hydrogen) atoms. The highest BCUT2D eigenvalue weighted by molar-refractivity contribution is 6.74. The molecular weight excluding hydrogens is 311 g/mol. The molecule has 0 aromatic heterocycles. The van der Waals surface area contributed by atoms with E-state index in [1.807, 2.05) is 0 Å². The predicted molar refractivity (Wildman–Crippen MR) is 75.9 cm³/mol. The summed E-state index contributed by atoms with van der Waals surface area (Å²) in [5.41, 5.74) is -0.101. The molecule has 7 heteroatoms. The summed E-state index contributed by atoms with van der Waals surface area (Å²) < 4.78 is 43.7. The number of hydrogen-bond donors (Lipinski definition) is 0. The normalized spacial score (nSPS) is 11.4. The molecule has 0 aliphatic carbocycles. The molecule has 0 unspecified atom stereocenters. The fraction of sp³-hybridized carbons (Fsp3) is 0.0769. The molecule has 2 aromatic carbocycles. The van der Waals surface area contributed by atoms with Gasteiger partial charge in [-0.25, -0.2) is 0 Å². The van der Waals surface area contributed by atoms with E-state index in [-0.39, 0.29) is 12.4 Å². The van der Waals surface area contributed by atoms with E-state index >= 15 is 0 Å². The van der Waals surface area contributed by atoms with Crippen LogP contribution < -0.4 is 10.2 Å². The summed E-state index contributed by atoms with van der Waals surface area (Å²) in [6.07, 6.45) is 0. The van der Waals surface area contributed by atoms with Crippen LogP contribution in [0.3, 0.4) is 0 Å².